The first kappa shape index (κ1) is 15.3. The first-order chi connectivity index (χ1) is 11.0. The molecule has 0 saturated carbocycles. The Labute approximate surface area is 134 Å². The van der Waals surface area contributed by atoms with Crippen molar-refractivity contribution in [1.82, 2.24) is 4.57 Å². The summed E-state index contributed by atoms with van der Waals surface area (Å²) >= 11 is 0. The molecule has 0 N–H and O–H groups in total. The molecule has 23 heavy (non-hydrogen) atoms. The van der Waals surface area contributed by atoms with Crippen molar-refractivity contribution < 1.29 is 4.42 Å². The molecule has 1 atom stereocenters. The molecule has 0 fully saturated rings. The van der Waals surface area contributed by atoms with E-state index in [1.165, 1.54) is 5.56 Å². The van der Waals surface area contributed by atoms with Crippen LogP contribution in [0.4, 0.5) is 0 Å². The Hall–Kier alpha value is -2.62. The van der Waals surface area contributed by atoms with Gasteiger partial charge in [-0.2, -0.15) is 0 Å². The van der Waals surface area contributed by atoms with Gasteiger partial charge in [0.15, 0.2) is 0 Å². The van der Waals surface area contributed by atoms with Gasteiger partial charge in [0.1, 0.15) is 5.58 Å². The molecule has 0 aliphatic heterocycles. The number of benzene rings is 2. The first-order valence-corrected chi connectivity index (χ1v) is 7.78. The van der Waals surface area contributed by atoms with Gasteiger partial charge in [-0.05, 0) is 54.7 Å². The molecule has 0 aliphatic carbocycles. The van der Waals surface area contributed by atoms with Crippen molar-refractivity contribution in [2.45, 2.75) is 33.1 Å². The van der Waals surface area contributed by atoms with Crippen molar-refractivity contribution in [1.29, 1.82) is 0 Å². The lowest BCUT2D eigenvalue weighted by Crippen LogP contribution is -2.30. The van der Waals surface area contributed by atoms with Crippen molar-refractivity contribution in [3.8, 4) is 5.69 Å². The molecule has 4 nitrogen and oxygen atoms in total. The van der Waals surface area contributed by atoms with Crippen LogP contribution in [0, 0.1) is 6.92 Å². The summed E-state index contributed by atoms with van der Waals surface area (Å²) in [5.74, 6) is -0.221. The fourth-order valence-corrected chi connectivity index (χ4v) is 2.64. The van der Waals surface area contributed by atoms with E-state index in [0.717, 1.165) is 16.6 Å². The Balaban J connectivity index is 2.18. The second-order valence-corrected chi connectivity index (χ2v) is 5.91. The normalized spacial score (nSPS) is 12.5. The summed E-state index contributed by atoms with van der Waals surface area (Å²) in [5.41, 5.74) is 2.62. The molecule has 0 bridgehead atoms. The zero-order valence-electron chi connectivity index (χ0n) is 13.5. The Morgan fingerprint density at radius 3 is 2.43 bits per heavy atom. The van der Waals surface area contributed by atoms with E-state index in [4.69, 9.17) is 4.42 Å². The Morgan fingerprint density at radius 1 is 1.09 bits per heavy atom. The molecule has 1 unspecified atom stereocenters. The highest BCUT2D eigenvalue weighted by atomic mass is 16.4. The van der Waals surface area contributed by atoms with E-state index >= 15 is 0 Å². The molecule has 3 rings (SSSR count). The van der Waals surface area contributed by atoms with E-state index in [1.54, 1.807) is 24.3 Å². The third kappa shape index (κ3) is 2.72. The molecule has 3 aromatic rings. The van der Waals surface area contributed by atoms with Crippen LogP contribution >= 0.6 is 0 Å². The van der Waals surface area contributed by atoms with Gasteiger partial charge in [-0.3, -0.25) is 4.79 Å². The van der Waals surface area contributed by atoms with Crippen LogP contribution in [0.1, 0.15) is 37.3 Å². The molecule has 0 spiro atoms. The van der Waals surface area contributed by atoms with Crippen LogP contribution in [0.2, 0.25) is 0 Å². The summed E-state index contributed by atoms with van der Waals surface area (Å²) in [4.78, 5) is 24.9. The van der Waals surface area contributed by atoms with Gasteiger partial charge in [-0.25, -0.2) is 9.36 Å². The van der Waals surface area contributed by atoms with Gasteiger partial charge in [0.2, 0.25) is 0 Å². The Kier molecular flexibility index (Phi) is 3.90. The number of aryl methyl sites for hydroxylation is 1. The van der Waals surface area contributed by atoms with Crippen molar-refractivity contribution in [3.63, 3.8) is 0 Å². The van der Waals surface area contributed by atoms with Gasteiger partial charge < -0.3 is 4.42 Å². The van der Waals surface area contributed by atoms with E-state index in [0.29, 0.717) is 22.6 Å². The second kappa shape index (κ2) is 5.88. The molecular weight excluding hydrogens is 290 g/mol. The van der Waals surface area contributed by atoms with E-state index in [2.05, 4.69) is 13.8 Å². The van der Waals surface area contributed by atoms with Crippen molar-refractivity contribution >= 4 is 11.0 Å². The average Bonchev–Trinajstić information content (AvgIpc) is 2.54. The maximum atomic E-state index is 12.6. The molecular formula is C19H19NO3. The molecule has 118 valence electrons. The number of fused-ring (bicyclic) bond motifs is 1. The fourth-order valence-electron chi connectivity index (χ4n) is 2.64. The maximum absolute atomic E-state index is 12.6. The number of rotatable bonds is 3. The van der Waals surface area contributed by atoms with E-state index in [-0.39, 0.29) is 5.56 Å². The summed E-state index contributed by atoms with van der Waals surface area (Å²) in [6, 6.07) is 12.7. The third-order valence-electron chi connectivity index (χ3n) is 4.28. The van der Waals surface area contributed by atoms with Crippen molar-refractivity contribution in [3.05, 3.63) is 74.5 Å². The zero-order chi connectivity index (χ0) is 16.6. The summed E-state index contributed by atoms with van der Waals surface area (Å²) < 4.78 is 6.40. The molecule has 0 amide bonds. The SMILES string of the molecule is CCC(C)c1ccc(-n2c(=O)oc3cc(C)ccc3c2=O)cc1. The molecule has 1 heterocycles. The highest BCUT2D eigenvalue weighted by Gasteiger charge is 2.12. The molecule has 0 aliphatic rings. The zero-order valence-corrected chi connectivity index (χ0v) is 13.5. The third-order valence-corrected chi connectivity index (χ3v) is 4.28. The lowest BCUT2D eigenvalue weighted by atomic mass is 9.98. The maximum Gasteiger partial charge on any atom is 0.426 e. The number of aromatic nitrogens is 1. The number of hydrogen-bond acceptors (Lipinski definition) is 3. The molecule has 2 aromatic carbocycles. The van der Waals surface area contributed by atoms with E-state index in [9.17, 15) is 9.59 Å². The van der Waals surface area contributed by atoms with Crippen LogP contribution in [-0.4, -0.2) is 4.57 Å². The Bertz CT molecular complexity index is 965. The van der Waals surface area contributed by atoms with Crippen LogP contribution in [0.25, 0.3) is 16.7 Å². The number of hydrogen-bond donors (Lipinski definition) is 0. The Morgan fingerprint density at radius 2 is 1.78 bits per heavy atom. The standard InChI is InChI=1S/C19H19NO3/c1-4-13(3)14-6-8-15(9-7-14)20-18(21)16-10-5-12(2)11-17(16)23-19(20)22/h5-11,13H,4H2,1-3H3. The van der Waals surface area contributed by atoms with Crippen LogP contribution < -0.4 is 11.3 Å². The molecule has 1 aromatic heterocycles. The van der Waals surface area contributed by atoms with Gasteiger partial charge in [-0.1, -0.05) is 32.0 Å². The predicted molar refractivity (Wildman–Crippen MR) is 91.5 cm³/mol. The minimum absolute atomic E-state index is 0.326. The average molecular weight is 309 g/mol. The number of nitrogens with zero attached hydrogens (tertiary/aromatic N) is 1. The van der Waals surface area contributed by atoms with Crippen LogP contribution in [0.5, 0.6) is 0 Å². The quantitative estimate of drug-likeness (QED) is 0.740. The summed E-state index contributed by atoms with van der Waals surface area (Å²) in [7, 11) is 0. The van der Waals surface area contributed by atoms with E-state index < -0.39 is 5.76 Å². The minimum Gasteiger partial charge on any atom is -0.409 e. The summed E-state index contributed by atoms with van der Waals surface area (Å²) in [6.07, 6.45) is 1.04. The van der Waals surface area contributed by atoms with Crippen LogP contribution in [0.3, 0.4) is 0 Å². The topological polar surface area (TPSA) is 52.2 Å². The van der Waals surface area contributed by atoms with Crippen molar-refractivity contribution in [2.75, 3.05) is 0 Å². The lowest BCUT2D eigenvalue weighted by Gasteiger charge is -2.10. The van der Waals surface area contributed by atoms with Gasteiger partial charge in [0.25, 0.3) is 5.56 Å². The second-order valence-electron chi connectivity index (χ2n) is 5.91. The molecule has 0 saturated heterocycles. The summed E-state index contributed by atoms with van der Waals surface area (Å²) in [5, 5.41) is 0.404. The van der Waals surface area contributed by atoms with Gasteiger partial charge >= 0.3 is 5.76 Å². The first-order valence-electron chi connectivity index (χ1n) is 7.78. The van der Waals surface area contributed by atoms with E-state index in [1.807, 2.05) is 25.1 Å². The fraction of sp³-hybridized carbons (Fsp3) is 0.263. The highest BCUT2D eigenvalue weighted by Crippen LogP contribution is 2.19. The smallest absolute Gasteiger partial charge is 0.409 e. The van der Waals surface area contributed by atoms with Crippen LogP contribution in [-0.2, 0) is 0 Å². The van der Waals surface area contributed by atoms with Gasteiger partial charge in [0, 0.05) is 0 Å². The largest absolute Gasteiger partial charge is 0.426 e. The predicted octanol–water partition coefficient (Wildman–Crippen LogP) is 3.77. The molecule has 4 heteroatoms. The van der Waals surface area contributed by atoms with Crippen LogP contribution in [0.15, 0.2) is 56.5 Å². The van der Waals surface area contributed by atoms with Gasteiger partial charge in [-0.15, -0.1) is 0 Å². The lowest BCUT2D eigenvalue weighted by molar-refractivity contribution is 0.503. The summed E-state index contributed by atoms with van der Waals surface area (Å²) in [6.45, 7) is 6.16. The van der Waals surface area contributed by atoms with Crippen molar-refractivity contribution in [2.24, 2.45) is 0 Å². The monoisotopic (exact) mass is 309 g/mol. The highest BCUT2D eigenvalue weighted by molar-refractivity contribution is 5.76. The van der Waals surface area contributed by atoms with Gasteiger partial charge in [0.05, 0.1) is 11.1 Å². The minimum atomic E-state index is -0.663. The molecule has 0 radical (unpaired) electrons.